The molecule has 2 aromatic carbocycles. The standard InChI is InChI=1S/C23H25N9O3/c1-30-22(26-28-29-30)17-4-3-5-18(14-17)24-23(33)32-12-10-31(11-13-32)15-20-25-21(27-35-20)16-6-8-19(34-2)9-7-16/h3-9,14H,10-13,15H2,1-2H3,(H,24,33). The fourth-order valence-electron chi connectivity index (χ4n) is 3.89. The quantitative estimate of drug-likeness (QED) is 0.447. The van der Waals surface area contributed by atoms with E-state index in [1.807, 2.05) is 48.5 Å². The number of aryl methyl sites for hydroxylation is 1. The first-order valence-electron chi connectivity index (χ1n) is 11.2. The molecule has 1 fully saturated rings. The highest BCUT2D eigenvalue weighted by Crippen LogP contribution is 2.21. The second-order valence-corrected chi connectivity index (χ2v) is 8.14. The zero-order valence-corrected chi connectivity index (χ0v) is 19.5. The van der Waals surface area contributed by atoms with Crippen LogP contribution < -0.4 is 10.1 Å². The SMILES string of the molecule is COc1ccc(-c2noc(CN3CCN(C(=O)Nc4cccc(-c5nnnn5C)c4)CC3)n2)cc1. The Labute approximate surface area is 201 Å². The maximum absolute atomic E-state index is 12.8. The summed E-state index contributed by atoms with van der Waals surface area (Å²) in [6, 6.07) is 14.8. The second-order valence-electron chi connectivity index (χ2n) is 8.14. The van der Waals surface area contributed by atoms with Crippen LogP contribution in [0.3, 0.4) is 0 Å². The molecule has 0 saturated carbocycles. The predicted octanol–water partition coefficient (Wildman–Crippen LogP) is 2.29. The van der Waals surface area contributed by atoms with Gasteiger partial charge in [0.15, 0.2) is 5.82 Å². The highest BCUT2D eigenvalue weighted by Gasteiger charge is 2.23. The molecule has 2 amide bonds. The maximum atomic E-state index is 12.8. The molecule has 0 radical (unpaired) electrons. The van der Waals surface area contributed by atoms with Crippen LogP contribution in [-0.2, 0) is 13.6 Å². The Morgan fingerprint density at radius 3 is 2.60 bits per heavy atom. The van der Waals surface area contributed by atoms with Crippen LogP contribution in [0.1, 0.15) is 5.89 Å². The third-order valence-corrected chi connectivity index (χ3v) is 5.83. The largest absolute Gasteiger partial charge is 0.497 e. The van der Waals surface area contributed by atoms with Gasteiger partial charge in [0.2, 0.25) is 11.7 Å². The number of carbonyl (C=O) groups is 1. The van der Waals surface area contributed by atoms with Crippen LogP contribution in [0.15, 0.2) is 53.1 Å². The molecule has 0 atom stereocenters. The zero-order chi connectivity index (χ0) is 24.2. The van der Waals surface area contributed by atoms with E-state index in [1.54, 1.807) is 23.7 Å². The average Bonchev–Trinajstić information content (AvgIpc) is 3.53. The van der Waals surface area contributed by atoms with Crippen molar-refractivity contribution in [3.8, 4) is 28.5 Å². The number of hydrogen-bond donors (Lipinski definition) is 1. The van der Waals surface area contributed by atoms with Crippen LogP contribution in [-0.4, -0.2) is 79.5 Å². The molecule has 2 aromatic heterocycles. The number of nitrogens with zero attached hydrogens (tertiary/aromatic N) is 8. The van der Waals surface area contributed by atoms with Gasteiger partial charge in [-0.05, 0) is 46.8 Å². The van der Waals surface area contributed by atoms with E-state index in [4.69, 9.17) is 9.26 Å². The van der Waals surface area contributed by atoms with Crippen molar-refractivity contribution >= 4 is 11.7 Å². The molecule has 0 bridgehead atoms. The molecular formula is C23H25N9O3. The number of amides is 2. The molecule has 1 aliphatic rings. The lowest BCUT2D eigenvalue weighted by Gasteiger charge is -2.33. The minimum Gasteiger partial charge on any atom is -0.497 e. The lowest BCUT2D eigenvalue weighted by atomic mass is 10.2. The molecule has 0 aliphatic carbocycles. The summed E-state index contributed by atoms with van der Waals surface area (Å²) in [5.74, 6) is 2.49. The van der Waals surface area contributed by atoms with Gasteiger partial charge in [-0.25, -0.2) is 9.48 Å². The van der Waals surface area contributed by atoms with Crippen molar-refractivity contribution in [3.63, 3.8) is 0 Å². The summed E-state index contributed by atoms with van der Waals surface area (Å²) in [4.78, 5) is 21.3. The Morgan fingerprint density at radius 1 is 1.09 bits per heavy atom. The van der Waals surface area contributed by atoms with Crippen molar-refractivity contribution < 1.29 is 14.1 Å². The Hall–Kier alpha value is -4.32. The molecule has 5 rings (SSSR count). The second kappa shape index (κ2) is 9.89. The number of aromatic nitrogens is 6. The minimum atomic E-state index is -0.141. The van der Waals surface area contributed by atoms with Gasteiger partial charge in [0.1, 0.15) is 5.75 Å². The molecule has 3 heterocycles. The molecule has 0 unspecified atom stereocenters. The molecule has 12 nitrogen and oxygen atoms in total. The smallest absolute Gasteiger partial charge is 0.321 e. The average molecular weight is 476 g/mol. The Kier molecular flexibility index (Phi) is 6.35. The number of benzene rings is 2. The van der Waals surface area contributed by atoms with E-state index < -0.39 is 0 Å². The van der Waals surface area contributed by atoms with Gasteiger partial charge >= 0.3 is 6.03 Å². The normalized spacial score (nSPS) is 14.2. The van der Waals surface area contributed by atoms with E-state index >= 15 is 0 Å². The molecule has 0 spiro atoms. The van der Waals surface area contributed by atoms with Crippen molar-refractivity contribution in [2.75, 3.05) is 38.6 Å². The third kappa shape index (κ3) is 5.11. The third-order valence-electron chi connectivity index (χ3n) is 5.83. The number of rotatable bonds is 6. The van der Waals surface area contributed by atoms with Gasteiger partial charge in [0, 0.05) is 50.0 Å². The summed E-state index contributed by atoms with van der Waals surface area (Å²) >= 11 is 0. The van der Waals surface area contributed by atoms with E-state index in [-0.39, 0.29) is 6.03 Å². The molecular weight excluding hydrogens is 450 g/mol. The Balaban J connectivity index is 1.13. The number of urea groups is 1. The molecule has 1 N–H and O–H groups in total. The number of hydrogen-bond acceptors (Lipinski definition) is 9. The monoisotopic (exact) mass is 475 g/mol. The Morgan fingerprint density at radius 2 is 1.89 bits per heavy atom. The van der Waals surface area contributed by atoms with Gasteiger partial charge in [-0.3, -0.25) is 4.90 Å². The predicted molar refractivity (Wildman–Crippen MR) is 126 cm³/mol. The molecule has 180 valence electrons. The van der Waals surface area contributed by atoms with Gasteiger partial charge in [0.25, 0.3) is 0 Å². The summed E-state index contributed by atoms with van der Waals surface area (Å²) in [5.41, 5.74) is 2.38. The summed E-state index contributed by atoms with van der Waals surface area (Å²) in [6.07, 6.45) is 0. The first kappa shape index (κ1) is 22.5. The van der Waals surface area contributed by atoms with Crippen molar-refractivity contribution in [3.05, 3.63) is 54.4 Å². The lowest BCUT2D eigenvalue weighted by molar-refractivity contribution is 0.133. The summed E-state index contributed by atoms with van der Waals surface area (Å²) in [5, 5.41) is 18.6. The summed E-state index contributed by atoms with van der Waals surface area (Å²) in [7, 11) is 3.40. The first-order valence-corrected chi connectivity index (χ1v) is 11.2. The number of anilines is 1. The minimum absolute atomic E-state index is 0.141. The van der Waals surface area contributed by atoms with Crippen LogP contribution in [0.2, 0.25) is 0 Å². The van der Waals surface area contributed by atoms with E-state index in [2.05, 4.69) is 35.9 Å². The number of tetrazole rings is 1. The van der Waals surface area contributed by atoms with E-state index in [1.165, 1.54) is 0 Å². The van der Waals surface area contributed by atoms with Crippen molar-refractivity contribution in [2.24, 2.45) is 7.05 Å². The van der Waals surface area contributed by atoms with Crippen LogP contribution in [0.4, 0.5) is 10.5 Å². The van der Waals surface area contributed by atoms with Gasteiger partial charge in [-0.2, -0.15) is 4.98 Å². The lowest BCUT2D eigenvalue weighted by Crippen LogP contribution is -2.49. The fraction of sp³-hybridized carbons (Fsp3) is 0.304. The zero-order valence-electron chi connectivity index (χ0n) is 19.5. The van der Waals surface area contributed by atoms with Crippen LogP contribution in [0.5, 0.6) is 5.75 Å². The number of piperazine rings is 1. The number of ether oxygens (including phenoxy) is 1. The molecule has 4 aromatic rings. The van der Waals surface area contributed by atoms with Crippen molar-refractivity contribution in [1.82, 2.24) is 40.1 Å². The van der Waals surface area contributed by atoms with Gasteiger partial charge in [-0.1, -0.05) is 17.3 Å². The van der Waals surface area contributed by atoms with Crippen molar-refractivity contribution in [2.45, 2.75) is 6.54 Å². The highest BCUT2D eigenvalue weighted by molar-refractivity contribution is 5.90. The molecule has 1 saturated heterocycles. The number of carbonyl (C=O) groups excluding carboxylic acids is 1. The van der Waals surface area contributed by atoms with Crippen LogP contribution in [0.25, 0.3) is 22.8 Å². The van der Waals surface area contributed by atoms with Crippen LogP contribution >= 0.6 is 0 Å². The summed E-state index contributed by atoms with van der Waals surface area (Å²) in [6.45, 7) is 3.14. The number of nitrogens with one attached hydrogen (secondary N) is 1. The first-order chi connectivity index (χ1) is 17.1. The van der Waals surface area contributed by atoms with Crippen molar-refractivity contribution in [1.29, 1.82) is 0 Å². The van der Waals surface area contributed by atoms with E-state index in [0.717, 1.165) is 16.9 Å². The van der Waals surface area contributed by atoms with Gasteiger partial charge < -0.3 is 19.5 Å². The molecule has 1 aliphatic heterocycles. The number of methoxy groups -OCH3 is 1. The van der Waals surface area contributed by atoms with Gasteiger partial charge in [0.05, 0.1) is 13.7 Å². The van der Waals surface area contributed by atoms with Gasteiger partial charge in [-0.15, -0.1) is 5.10 Å². The van der Waals surface area contributed by atoms with E-state index in [9.17, 15) is 4.79 Å². The van der Waals surface area contributed by atoms with E-state index in [0.29, 0.717) is 56.0 Å². The molecule has 35 heavy (non-hydrogen) atoms. The summed E-state index contributed by atoms with van der Waals surface area (Å²) < 4.78 is 12.2. The fourth-order valence-corrected chi connectivity index (χ4v) is 3.89. The highest BCUT2D eigenvalue weighted by atomic mass is 16.5. The topological polar surface area (TPSA) is 127 Å². The van der Waals surface area contributed by atoms with Crippen LogP contribution in [0, 0.1) is 0 Å². The Bertz CT molecular complexity index is 1290. The molecule has 12 heteroatoms. The maximum Gasteiger partial charge on any atom is 0.321 e.